The van der Waals surface area contributed by atoms with Crippen LogP contribution in [0.3, 0.4) is 0 Å². The minimum absolute atomic E-state index is 0.181. The Balaban J connectivity index is 1.78. The summed E-state index contributed by atoms with van der Waals surface area (Å²) < 4.78 is 0. The second-order valence-corrected chi connectivity index (χ2v) is 4.47. The molecular formula is C12H19NO. The first kappa shape index (κ1) is 9.91. The largest absolute Gasteiger partial charge is 0.307 e. The zero-order valence-corrected chi connectivity index (χ0v) is 8.67. The van der Waals surface area contributed by atoms with Gasteiger partial charge in [0.05, 0.1) is 6.04 Å². The molecule has 2 atom stereocenters. The van der Waals surface area contributed by atoms with Crippen molar-refractivity contribution >= 4 is 5.78 Å². The van der Waals surface area contributed by atoms with Gasteiger partial charge in [0.15, 0.2) is 0 Å². The molecule has 1 aliphatic carbocycles. The molecule has 2 nitrogen and oxygen atoms in total. The highest BCUT2D eigenvalue weighted by atomic mass is 16.1. The molecule has 1 fully saturated rings. The van der Waals surface area contributed by atoms with Crippen molar-refractivity contribution in [2.75, 3.05) is 6.54 Å². The highest BCUT2D eigenvalue weighted by Crippen LogP contribution is 2.23. The zero-order valence-electron chi connectivity index (χ0n) is 8.67. The molecule has 2 unspecified atom stereocenters. The number of Topliss-reactive ketones (excluding diaryl/α,β-unsaturated/α-hetero) is 1. The predicted molar refractivity (Wildman–Crippen MR) is 57.1 cm³/mol. The Bertz CT molecular complexity index is 228. The van der Waals surface area contributed by atoms with Crippen molar-refractivity contribution in [1.82, 2.24) is 5.32 Å². The molecule has 78 valence electrons. The topological polar surface area (TPSA) is 29.1 Å². The van der Waals surface area contributed by atoms with Crippen molar-refractivity contribution in [1.29, 1.82) is 0 Å². The van der Waals surface area contributed by atoms with E-state index in [2.05, 4.69) is 17.5 Å². The van der Waals surface area contributed by atoms with E-state index in [1.807, 2.05) is 0 Å². The number of hydrogen-bond donors (Lipinski definition) is 1. The van der Waals surface area contributed by atoms with Crippen molar-refractivity contribution in [2.45, 2.75) is 44.6 Å². The molecule has 1 heterocycles. The first-order valence-corrected chi connectivity index (χ1v) is 5.77. The monoisotopic (exact) mass is 193 g/mol. The molecule has 2 rings (SSSR count). The van der Waals surface area contributed by atoms with Crippen LogP contribution in [-0.4, -0.2) is 18.4 Å². The number of ketones is 1. The van der Waals surface area contributed by atoms with Crippen LogP contribution in [0.25, 0.3) is 0 Å². The molecule has 0 aromatic rings. The SMILES string of the molecule is O=C(CC1CC=CCC1)C1CCCN1. The van der Waals surface area contributed by atoms with Gasteiger partial charge < -0.3 is 5.32 Å². The highest BCUT2D eigenvalue weighted by Gasteiger charge is 2.24. The molecule has 1 N–H and O–H groups in total. The average Bonchev–Trinajstić information content (AvgIpc) is 2.72. The molecule has 0 aromatic carbocycles. The Hall–Kier alpha value is -0.630. The maximum Gasteiger partial charge on any atom is 0.150 e. The first-order chi connectivity index (χ1) is 6.86. The normalized spacial score (nSPS) is 32.0. The van der Waals surface area contributed by atoms with E-state index in [0.717, 1.165) is 32.2 Å². The van der Waals surface area contributed by atoms with Crippen LogP contribution in [-0.2, 0) is 4.79 Å². The van der Waals surface area contributed by atoms with Crippen LogP contribution in [0, 0.1) is 5.92 Å². The molecule has 0 aromatic heterocycles. The van der Waals surface area contributed by atoms with Gasteiger partial charge in [0.1, 0.15) is 5.78 Å². The van der Waals surface area contributed by atoms with Crippen molar-refractivity contribution in [3.05, 3.63) is 12.2 Å². The van der Waals surface area contributed by atoms with Crippen molar-refractivity contribution in [2.24, 2.45) is 5.92 Å². The van der Waals surface area contributed by atoms with E-state index in [0.29, 0.717) is 11.7 Å². The first-order valence-electron chi connectivity index (χ1n) is 5.77. The second-order valence-electron chi connectivity index (χ2n) is 4.47. The van der Waals surface area contributed by atoms with Gasteiger partial charge in [0, 0.05) is 6.42 Å². The lowest BCUT2D eigenvalue weighted by Crippen LogP contribution is -2.32. The third-order valence-electron chi connectivity index (χ3n) is 3.32. The molecule has 1 aliphatic heterocycles. The number of nitrogens with one attached hydrogen (secondary N) is 1. The number of rotatable bonds is 3. The predicted octanol–water partition coefficient (Wildman–Crippen LogP) is 2.05. The fraction of sp³-hybridized carbons (Fsp3) is 0.750. The third kappa shape index (κ3) is 2.44. The summed E-state index contributed by atoms with van der Waals surface area (Å²) in [4.78, 5) is 11.8. The lowest BCUT2D eigenvalue weighted by molar-refractivity contribution is -0.121. The Morgan fingerprint density at radius 2 is 2.29 bits per heavy atom. The van der Waals surface area contributed by atoms with Gasteiger partial charge in [-0.3, -0.25) is 4.79 Å². The summed E-state index contributed by atoms with van der Waals surface area (Å²) in [5.41, 5.74) is 0. The van der Waals surface area contributed by atoms with E-state index < -0.39 is 0 Å². The molecule has 0 bridgehead atoms. The van der Waals surface area contributed by atoms with Crippen LogP contribution >= 0.6 is 0 Å². The molecule has 0 amide bonds. The summed E-state index contributed by atoms with van der Waals surface area (Å²) in [5.74, 6) is 1.07. The molecule has 1 saturated heterocycles. The smallest absolute Gasteiger partial charge is 0.150 e. The van der Waals surface area contributed by atoms with Gasteiger partial charge in [-0.2, -0.15) is 0 Å². The Labute approximate surface area is 85.8 Å². The van der Waals surface area contributed by atoms with Gasteiger partial charge in [-0.1, -0.05) is 12.2 Å². The molecule has 0 saturated carbocycles. The lowest BCUT2D eigenvalue weighted by atomic mass is 9.88. The van der Waals surface area contributed by atoms with Crippen LogP contribution in [0.15, 0.2) is 12.2 Å². The minimum Gasteiger partial charge on any atom is -0.307 e. The fourth-order valence-electron chi connectivity index (χ4n) is 2.43. The van der Waals surface area contributed by atoms with E-state index in [1.54, 1.807) is 0 Å². The quantitative estimate of drug-likeness (QED) is 0.695. The molecule has 14 heavy (non-hydrogen) atoms. The summed E-state index contributed by atoms with van der Waals surface area (Å²) in [6.07, 6.45) is 11.0. The van der Waals surface area contributed by atoms with Crippen LogP contribution in [0.2, 0.25) is 0 Å². The van der Waals surface area contributed by atoms with Crippen molar-refractivity contribution < 1.29 is 4.79 Å². The summed E-state index contributed by atoms with van der Waals surface area (Å²) in [7, 11) is 0. The Morgan fingerprint density at radius 1 is 1.36 bits per heavy atom. The van der Waals surface area contributed by atoms with Gasteiger partial charge in [0.2, 0.25) is 0 Å². The van der Waals surface area contributed by atoms with Crippen LogP contribution in [0.4, 0.5) is 0 Å². The van der Waals surface area contributed by atoms with Gasteiger partial charge in [-0.05, 0) is 44.6 Å². The van der Waals surface area contributed by atoms with Crippen molar-refractivity contribution in [3.8, 4) is 0 Å². The van der Waals surface area contributed by atoms with Crippen LogP contribution in [0.1, 0.15) is 38.5 Å². The standard InChI is InChI=1S/C12H19NO/c14-12(11-7-4-8-13-11)9-10-5-2-1-3-6-10/h1-2,10-11,13H,3-9H2. The highest BCUT2D eigenvalue weighted by molar-refractivity contribution is 5.84. The summed E-state index contributed by atoms with van der Waals surface area (Å²) >= 11 is 0. The van der Waals surface area contributed by atoms with Crippen LogP contribution < -0.4 is 5.32 Å². The molecule has 0 spiro atoms. The lowest BCUT2D eigenvalue weighted by Gasteiger charge is -2.18. The van der Waals surface area contributed by atoms with Gasteiger partial charge in [-0.15, -0.1) is 0 Å². The van der Waals surface area contributed by atoms with E-state index >= 15 is 0 Å². The number of hydrogen-bond acceptors (Lipinski definition) is 2. The Kier molecular flexibility index (Phi) is 3.35. The van der Waals surface area contributed by atoms with Crippen LogP contribution in [0.5, 0.6) is 0 Å². The minimum atomic E-state index is 0.181. The van der Waals surface area contributed by atoms with Gasteiger partial charge in [0.25, 0.3) is 0 Å². The Morgan fingerprint density at radius 3 is 2.93 bits per heavy atom. The molecule has 2 heteroatoms. The number of carbonyl (C=O) groups excluding carboxylic acids is 1. The number of carbonyl (C=O) groups is 1. The van der Waals surface area contributed by atoms with E-state index in [9.17, 15) is 4.79 Å². The maximum absolute atomic E-state index is 11.8. The van der Waals surface area contributed by atoms with E-state index in [-0.39, 0.29) is 6.04 Å². The second kappa shape index (κ2) is 4.74. The van der Waals surface area contributed by atoms with E-state index in [4.69, 9.17) is 0 Å². The molecule has 2 aliphatic rings. The summed E-state index contributed by atoms with van der Waals surface area (Å²) in [6, 6.07) is 0.181. The van der Waals surface area contributed by atoms with E-state index in [1.165, 1.54) is 12.8 Å². The zero-order chi connectivity index (χ0) is 9.80. The average molecular weight is 193 g/mol. The van der Waals surface area contributed by atoms with Gasteiger partial charge in [-0.25, -0.2) is 0 Å². The summed E-state index contributed by atoms with van der Waals surface area (Å²) in [6.45, 7) is 1.03. The molecular weight excluding hydrogens is 174 g/mol. The van der Waals surface area contributed by atoms with Crippen molar-refractivity contribution in [3.63, 3.8) is 0 Å². The van der Waals surface area contributed by atoms with Gasteiger partial charge >= 0.3 is 0 Å². The summed E-state index contributed by atoms with van der Waals surface area (Å²) in [5, 5.41) is 3.28. The number of allylic oxidation sites excluding steroid dienone is 2. The molecule has 0 radical (unpaired) electrons. The maximum atomic E-state index is 11.8. The third-order valence-corrected chi connectivity index (χ3v) is 3.32. The fourth-order valence-corrected chi connectivity index (χ4v) is 2.43.